The van der Waals surface area contributed by atoms with Gasteiger partial charge in [-0.1, -0.05) is 43.2 Å². The average Bonchev–Trinajstić information content (AvgIpc) is 3.48. The zero-order chi connectivity index (χ0) is 27.9. The van der Waals surface area contributed by atoms with E-state index in [2.05, 4.69) is 10.3 Å². The van der Waals surface area contributed by atoms with Gasteiger partial charge in [-0.2, -0.15) is 0 Å². The Hall–Kier alpha value is -4.15. The van der Waals surface area contributed by atoms with Crippen LogP contribution < -0.4 is 10.1 Å². The van der Waals surface area contributed by atoms with Gasteiger partial charge < -0.3 is 29.4 Å². The van der Waals surface area contributed by atoms with E-state index in [1.54, 1.807) is 0 Å². The van der Waals surface area contributed by atoms with Crippen molar-refractivity contribution in [1.29, 1.82) is 0 Å². The molecule has 1 amide bonds. The summed E-state index contributed by atoms with van der Waals surface area (Å²) in [5.74, 6) is -4.66. The van der Waals surface area contributed by atoms with Crippen molar-refractivity contribution in [3.63, 3.8) is 0 Å². The molecule has 2 N–H and O–H groups in total. The molecule has 1 saturated carbocycles. The second-order valence-electron chi connectivity index (χ2n) is 9.69. The van der Waals surface area contributed by atoms with Gasteiger partial charge in [-0.05, 0) is 31.7 Å². The summed E-state index contributed by atoms with van der Waals surface area (Å²) in [7, 11) is 1.31. The lowest BCUT2D eigenvalue weighted by Gasteiger charge is -2.30. The Bertz CT molecular complexity index is 1200. The summed E-state index contributed by atoms with van der Waals surface area (Å²) in [6.07, 6.45) is 2.56. The summed E-state index contributed by atoms with van der Waals surface area (Å²) in [6, 6.07) is 9.13. The number of methoxy groups -OCH3 is 1. The number of hydrogen-bond acceptors (Lipinski definition) is 10. The number of nitrogens with zero attached hydrogens (tertiary/aromatic N) is 1. The number of benzene rings is 1. The first-order chi connectivity index (χ1) is 18.8. The van der Waals surface area contributed by atoms with Gasteiger partial charge >= 0.3 is 17.9 Å². The molecule has 0 unspecified atom stereocenters. The summed E-state index contributed by atoms with van der Waals surface area (Å²) in [5, 5.41) is 12.7. The van der Waals surface area contributed by atoms with Gasteiger partial charge in [-0.25, -0.2) is 9.78 Å². The van der Waals surface area contributed by atoms with Crippen LogP contribution in [0.5, 0.6) is 11.5 Å². The maximum atomic E-state index is 13.4. The maximum Gasteiger partial charge on any atom is 0.332 e. The van der Waals surface area contributed by atoms with Crippen LogP contribution in [0, 0.1) is 11.8 Å². The number of amides is 1. The van der Waals surface area contributed by atoms with Crippen LogP contribution in [0.1, 0.15) is 48.7 Å². The SMILES string of the molecule is COc1ccnc(C(=O)N[C@H]2COC(=O)[C@H](Cc3ccccc3)[C@@H](OC(=O)C3CCCC3)[C@H](C)OC2=O)c1O. The largest absolute Gasteiger partial charge is 0.503 e. The van der Waals surface area contributed by atoms with Crippen LogP contribution in [0.25, 0.3) is 0 Å². The Morgan fingerprint density at radius 2 is 1.82 bits per heavy atom. The van der Waals surface area contributed by atoms with E-state index in [9.17, 15) is 24.3 Å². The smallest absolute Gasteiger partial charge is 0.332 e. The van der Waals surface area contributed by atoms with Crippen molar-refractivity contribution in [1.82, 2.24) is 10.3 Å². The number of rotatable bonds is 7. The van der Waals surface area contributed by atoms with Crippen molar-refractivity contribution < 1.29 is 43.2 Å². The Labute approximate surface area is 225 Å². The number of hydrogen-bond donors (Lipinski definition) is 2. The number of esters is 3. The molecule has 1 aromatic heterocycles. The highest BCUT2D eigenvalue weighted by molar-refractivity contribution is 5.98. The van der Waals surface area contributed by atoms with Gasteiger partial charge in [-0.3, -0.25) is 14.4 Å². The van der Waals surface area contributed by atoms with Crippen LogP contribution in [0.2, 0.25) is 0 Å². The zero-order valence-electron chi connectivity index (χ0n) is 21.8. The lowest BCUT2D eigenvalue weighted by molar-refractivity contribution is -0.177. The highest BCUT2D eigenvalue weighted by Crippen LogP contribution is 2.30. The fourth-order valence-corrected chi connectivity index (χ4v) is 4.87. The van der Waals surface area contributed by atoms with Crippen molar-refractivity contribution >= 4 is 23.8 Å². The molecule has 0 radical (unpaired) electrons. The molecule has 4 rings (SSSR count). The number of pyridine rings is 1. The van der Waals surface area contributed by atoms with Crippen molar-refractivity contribution in [3.05, 3.63) is 53.9 Å². The molecule has 2 aromatic rings. The molecule has 1 aromatic carbocycles. The number of nitrogens with one attached hydrogen (secondary N) is 1. The van der Waals surface area contributed by atoms with E-state index in [4.69, 9.17) is 18.9 Å². The molecule has 208 valence electrons. The molecule has 1 aliphatic heterocycles. The Morgan fingerprint density at radius 1 is 1.10 bits per heavy atom. The van der Waals surface area contributed by atoms with Crippen molar-refractivity contribution in [2.24, 2.45) is 11.8 Å². The molecule has 11 nitrogen and oxygen atoms in total. The van der Waals surface area contributed by atoms with Gasteiger partial charge in [0.2, 0.25) is 0 Å². The topological polar surface area (TPSA) is 150 Å². The summed E-state index contributed by atoms with van der Waals surface area (Å²) >= 11 is 0. The molecule has 39 heavy (non-hydrogen) atoms. The minimum absolute atomic E-state index is 0.0166. The molecular formula is C28H32N2O9. The summed E-state index contributed by atoms with van der Waals surface area (Å²) in [6.45, 7) is 1.00. The first-order valence-corrected chi connectivity index (χ1v) is 12.9. The van der Waals surface area contributed by atoms with Gasteiger partial charge in [0, 0.05) is 12.3 Å². The Morgan fingerprint density at radius 3 is 2.51 bits per heavy atom. The van der Waals surface area contributed by atoms with E-state index in [-0.39, 0.29) is 23.8 Å². The van der Waals surface area contributed by atoms with E-state index < -0.39 is 60.3 Å². The van der Waals surface area contributed by atoms with E-state index in [1.165, 1.54) is 26.3 Å². The lowest BCUT2D eigenvalue weighted by Crippen LogP contribution is -2.47. The number of ether oxygens (including phenoxy) is 4. The monoisotopic (exact) mass is 540 g/mol. The normalized spacial score (nSPS) is 23.9. The highest BCUT2D eigenvalue weighted by atomic mass is 16.6. The van der Waals surface area contributed by atoms with E-state index in [0.29, 0.717) is 12.8 Å². The minimum Gasteiger partial charge on any atom is -0.503 e. The van der Waals surface area contributed by atoms with Gasteiger partial charge in [0.1, 0.15) is 18.6 Å². The molecule has 4 atom stereocenters. The second-order valence-corrected chi connectivity index (χ2v) is 9.69. The molecule has 0 spiro atoms. The Balaban J connectivity index is 1.57. The van der Waals surface area contributed by atoms with Crippen LogP contribution in [-0.2, 0) is 35.0 Å². The van der Waals surface area contributed by atoms with Gasteiger partial charge in [0.15, 0.2) is 29.3 Å². The van der Waals surface area contributed by atoms with Crippen LogP contribution in [-0.4, -0.2) is 65.9 Å². The summed E-state index contributed by atoms with van der Waals surface area (Å²) in [4.78, 5) is 56.1. The standard InChI is InChI=1S/C28H32N2O9/c1-16-24(39-26(33)18-10-6-7-11-18)19(14-17-8-4-3-5-9-17)27(34)37-15-20(28(35)38-16)30-25(32)22-23(31)21(36-2)12-13-29-22/h3-5,8-9,12-13,16,18-20,24,31H,6-7,10-11,14-15H2,1-2H3,(H,30,32)/t16-,19+,20-,24-/m0/s1. The van der Waals surface area contributed by atoms with Crippen LogP contribution in [0.15, 0.2) is 42.6 Å². The lowest BCUT2D eigenvalue weighted by atomic mass is 9.91. The van der Waals surface area contributed by atoms with Crippen molar-refractivity contribution in [2.45, 2.75) is 57.3 Å². The quantitative estimate of drug-likeness (QED) is 0.396. The number of carbonyl (C=O) groups is 4. The van der Waals surface area contributed by atoms with E-state index >= 15 is 0 Å². The fraction of sp³-hybridized carbons (Fsp3) is 0.464. The van der Waals surface area contributed by atoms with Gasteiger partial charge in [0.25, 0.3) is 5.91 Å². The van der Waals surface area contributed by atoms with Crippen molar-refractivity contribution in [2.75, 3.05) is 13.7 Å². The fourth-order valence-electron chi connectivity index (χ4n) is 4.87. The first-order valence-electron chi connectivity index (χ1n) is 12.9. The third kappa shape index (κ3) is 6.65. The van der Waals surface area contributed by atoms with Crippen molar-refractivity contribution in [3.8, 4) is 11.5 Å². The highest BCUT2D eigenvalue weighted by Gasteiger charge is 2.43. The molecule has 11 heteroatoms. The van der Waals surface area contributed by atoms with Crippen LogP contribution in [0.4, 0.5) is 0 Å². The zero-order valence-corrected chi connectivity index (χ0v) is 21.8. The van der Waals surface area contributed by atoms with Gasteiger partial charge in [-0.15, -0.1) is 0 Å². The van der Waals surface area contributed by atoms with Crippen LogP contribution >= 0.6 is 0 Å². The molecule has 2 fully saturated rings. The van der Waals surface area contributed by atoms with Gasteiger partial charge in [0.05, 0.1) is 13.0 Å². The first kappa shape index (κ1) is 27.9. The number of aromatic nitrogens is 1. The Kier molecular flexibility index (Phi) is 9.00. The predicted molar refractivity (Wildman–Crippen MR) is 136 cm³/mol. The average molecular weight is 541 g/mol. The molecular weight excluding hydrogens is 508 g/mol. The summed E-state index contributed by atoms with van der Waals surface area (Å²) < 4.78 is 21.9. The number of cyclic esters (lactones) is 2. The van der Waals surface area contributed by atoms with E-state index in [0.717, 1.165) is 18.4 Å². The third-order valence-electron chi connectivity index (χ3n) is 7.01. The van der Waals surface area contributed by atoms with Crippen LogP contribution in [0.3, 0.4) is 0 Å². The number of aromatic hydroxyl groups is 1. The minimum atomic E-state index is -1.40. The van der Waals surface area contributed by atoms with E-state index in [1.807, 2.05) is 30.3 Å². The summed E-state index contributed by atoms with van der Waals surface area (Å²) in [5.41, 5.74) is 0.426. The molecule has 0 bridgehead atoms. The molecule has 1 saturated heterocycles. The predicted octanol–water partition coefficient (Wildman–Crippen LogP) is 2.34. The maximum absolute atomic E-state index is 13.4. The molecule has 2 heterocycles. The number of carbonyl (C=O) groups excluding carboxylic acids is 4. The second kappa shape index (κ2) is 12.6. The molecule has 1 aliphatic carbocycles. The molecule has 2 aliphatic rings. The third-order valence-corrected chi connectivity index (χ3v) is 7.01.